The van der Waals surface area contributed by atoms with Gasteiger partial charge in [-0.3, -0.25) is 4.79 Å². The van der Waals surface area contributed by atoms with Crippen LogP contribution in [0.15, 0.2) is 35.7 Å². The van der Waals surface area contributed by atoms with Crippen LogP contribution in [-0.4, -0.2) is 19.6 Å². The zero-order valence-corrected chi connectivity index (χ0v) is 14.5. The third kappa shape index (κ3) is 3.75. The lowest BCUT2D eigenvalue weighted by atomic mass is 9.75. The van der Waals surface area contributed by atoms with Crippen molar-refractivity contribution in [2.45, 2.75) is 38.0 Å². The van der Waals surface area contributed by atoms with Crippen LogP contribution >= 0.6 is 11.3 Å². The van der Waals surface area contributed by atoms with Gasteiger partial charge in [-0.2, -0.15) is 0 Å². The minimum Gasteiger partial charge on any atom is -0.497 e. The van der Waals surface area contributed by atoms with Crippen molar-refractivity contribution in [3.8, 4) is 5.75 Å². The molecular formula is C19H23NO2S. The van der Waals surface area contributed by atoms with Crippen molar-refractivity contribution in [1.82, 2.24) is 5.32 Å². The van der Waals surface area contributed by atoms with Crippen molar-refractivity contribution in [2.24, 2.45) is 0 Å². The fourth-order valence-corrected chi connectivity index (χ4v) is 4.36. The van der Waals surface area contributed by atoms with Gasteiger partial charge in [-0.1, -0.05) is 12.1 Å². The third-order valence-electron chi connectivity index (χ3n) is 4.64. The Morgan fingerprint density at radius 3 is 2.96 bits per heavy atom. The molecule has 0 saturated heterocycles. The van der Waals surface area contributed by atoms with E-state index in [4.69, 9.17) is 4.74 Å². The van der Waals surface area contributed by atoms with Crippen LogP contribution < -0.4 is 10.1 Å². The summed E-state index contributed by atoms with van der Waals surface area (Å²) in [4.78, 5) is 12.6. The SMILES string of the molecule is COc1ccc2c(c1)C(CCNC(C)=O)CC(c1cccs1)C2. The molecule has 1 heterocycles. The van der Waals surface area contributed by atoms with E-state index in [1.807, 2.05) is 11.3 Å². The highest BCUT2D eigenvalue weighted by Crippen LogP contribution is 2.43. The minimum absolute atomic E-state index is 0.0430. The van der Waals surface area contributed by atoms with Crippen LogP contribution in [0.2, 0.25) is 0 Å². The first-order chi connectivity index (χ1) is 11.2. The Balaban J connectivity index is 1.84. The molecule has 2 unspecified atom stereocenters. The van der Waals surface area contributed by atoms with Gasteiger partial charge in [0, 0.05) is 18.3 Å². The Kier molecular flexibility index (Phi) is 5.01. The van der Waals surface area contributed by atoms with E-state index in [0.717, 1.165) is 31.6 Å². The van der Waals surface area contributed by atoms with Crippen molar-refractivity contribution in [3.05, 3.63) is 51.7 Å². The number of amides is 1. The Morgan fingerprint density at radius 2 is 2.26 bits per heavy atom. The highest BCUT2D eigenvalue weighted by Gasteiger charge is 2.28. The van der Waals surface area contributed by atoms with E-state index < -0.39 is 0 Å². The normalized spacial score (nSPS) is 19.9. The number of benzene rings is 1. The van der Waals surface area contributed by atoms with Crippen LogP contribution in [0.3, 0.4) is 0 Å². The van der Waals surface area contributed by atoms with Gasteiger partial charge >= 0.3 is 0 Å². The molecule has 1 N–H and O–H groups in total. The second kappa shape index (κ2) is 7.18. The minimum atomic E-state index is 0.0430. The van der Waals surface area contributed by atoms with Crippen molar-refractivity contribution in [3.63, 3.8) is 0 Å². The fraction of sp³-hybridized carbons (Fsp3) is 0.421. The van der Waals surface area contributed by atoms with Crippen molar-refractivity contribution >= 4 is 17.2 Å². The molecule has 1 aromatic heterocycles. The predicted molar refractivity (Wildman–Crippen MR) is 94.4 cm³/mol. The molecule has 0 radical (unpaired) electrons. The molecule has 2 aromatic rings. The quantitative estimate of drug-likeness (QED) is 0.897. The van der Waals surface area contributed by atoms with Crippen LogP contribution in [0.5, 0.6) is 5.75 Å². The molecule has 1 amide bonds. The van der Waals surface area contributed by atoms with Gasteiger partial charge in [-0.05, 0) is 65.8 Å². The Labute approximate surface area is 141 Å². The molecule has 3 nitrogen and oxygen atoms in total. The average molecular weight is 329 g/mol. The molecular weight excluding hydrogens is 306 g/mol. The van der Waals surface area contributed by atoms with Crippen LogP contribution in [0.25, 0.3) is 0 Å². The Morgan fingerprint density at radius 1 is 1.39 bits per heavy atom. The van der Waals surface area contributed by atoms with Crippen molar-refractivity contribution < 1.29 is 9.53 Å². The summed E-state index contributed by atoms with van der Waals surface area (Å²) in [5.74, 6) is 2.01. The molecule has 1 aliphatic rings. The van der Waals surface area contributed by atoms with E-state index in [0.29, 0.717) is 11.8 Å². The van der Waals surface area contributed by atoms with Gasteiger partial charge < -0.3 is 10.1 Å². The number of carbonyl (C=O) groups excluding carboxylic acids is 1. The smallest absolute Gasteiger partial charge is 0.216 e. The maximum absolute atomic E-state index is 11.2. The summed E-state index contributed by atoms with van der Waals surface area (Å²) in [6.07, 6.45) is 3.21. The standard InChI is InChI=1S/C19H23NO2S/c1-13(21)20-8-7-15-11-16(19-4-3-9-23-19)10-14-5-6-17(22-2)12-18(14)15/h3-6,9,12,15-16H,7-8,10-11H2,1-2H3,(H,20,21). The van der Waals surface area contributed by atoms with Gasteiger partial charge in [0.05, 0.1) is 7.11 Å². The molecule has 3 rings (SSSR count). The first kappa shape index (κ1) is 16.1. The van der Waals surface area contributed by atoms with E-state index in [1.165, 1.54) is 16.0 Å². The zero-order valence-electron chi connectivity index (χ0n) is 13.7. The maximum Gasteiger partial charge on any atom is 0.216 e. The lowest BCUT2D eigenvalue weighted by molar-refractivity contribution is -0.118. The molecule has 0 aliphatic heterocycles. The second-order valence-corrected chi connectivity index (χ2v) is 7.16. The van der Waals surface area contributed by atoms with Gasteiger partial charge in [0.1, 0.15) is 5.75 Å². The van der Waals surface area contributed by atoms with Crippen molar-refractivity contribution in [2.75, 3.05) is 13.7 Å². The van der Waals surface area contributed by atoms with E-state index in [9.17, 15) is 4.79 Å². The summed E-state index contributed by atoms with van der Waals surface area (Å²) < 4.78 is 5.40. The number of nitrogens with one attached hydrogen (secondary N) is 1. The molecule has 0 fully saturated rings. The number of hydrogen-bond donors (Lipinski definition) is 1. The third-order valence-corrected chi connectivity index (χ3v) is 5.68. The van der Waals surface area contributed by atoms with Gasteiger partial charge in [0.2, 0.25) is 5.91 Å². The molecule has 1 aromatic carbocycles. The summed E-state index contributed by atoms with van der Waals surface area (Å²) in [6.45, 7) is 2.31. The number of ether oxygens (including phenoxy) is 1. The predicted octanol–water partition coefficient (Wildman–Crippen LogP) is 4.10. The van der Waals surface area contributed by atoms with Crippen LogP contribution in [0.4, 0.5) is 0 Å². The van der Waals surface area contributed by atoms with E-state index in [-0.39, 0.29) is 5.91 Å². The van der Waals surface area contributed by atoms with Gasteiger partial charge in [0.15, 0.2) is 0 Å². The molecule has 0 spiro atoms. The topological polar surface area (TPSA) is 38.3 Å². The van der Waals surface area contributed by atoms with Crippen LogP contribution in [-0.2, 0) is 11.2 Å². The lowest BCUT2D eigenvalue weighted by Crippen LogP contribution is -2.25. The number of methoxy groups -OCH3 is 1. The summed E-state index contributed by atoms with van der Waals surface area (Å²) >= 11 is 1.85. The number of rotatable bonds is 5. The summed E-state index contributed by atoms with van der Waals surface area (Å²) in [5, 5.41) is 5.09. The van der Waals surface area contributed by atoms with Gasteiger partial charge in [0.25, 0.3) is 0 Å². The van der Waals surface area contributed by atoms with Gasteiger partial charge in [-0.15, -0.1) is 11.3 Å². The summed E-state index contributed by atoms with van der Waals surface area (Å²) in [7, 11) is 1.71. The monoisotopic (exact) mass is 329 g/mol. The first-order valence-electron chi connectivity index (χ1n) is 8.12. The first-order valence-corrected chi connectivity index (χ1v) is 9.00. The lowest BCUT2D eigenvalue weighted by Gasteiger charge is -2.31. The van der Waals surface area contributed by atoms with Gasteiger partial charge in [-0.25, -0.2) is 0 Å². The van der Waals surface area contributed by atoms with E-state index >= 15 is 0 Å². The largest absolute Gasteiger partial charge is 0.497 e. The van der Waals surface area contributed by atoms with E-state index in [1.54, 1.807) is 14.0 Å². The molecule has 122 valence electrons. The Hall–Kier alpha value is -1.81. The number of carbonyl (C=O) groups is 1. The highest BCUT2D eigenvalue weighted by atomic mass is 32.1. The fourth-order valence-electron chi connectivity index (χ4n) is 3.52. The summed E-state index contributed by atoms with van der Waals surface area (Å²) in [6, 6.07) is 10.8. The molecule has 1 aliphatic carbocycles. The Bertz CT molecular complexity index is 666. The zero-order chi connectivity index (χ0) is 16.2. The second-order valence-electron chi connectivity index (χ2n) is 6.19. The molecule has 0 saturated carbocycles. The molecule has 4 heteroatoms. The number of hydrogen-bond acceptors (Lipinski definition) is 3. The van der Waals surface area contributed by atoms with Crippen LogP contribution in [0.1, 0.15) is 47.6 Å². The summed E-state index contributed by atoms with van der Waals surface area (Å²) in [5.41, 5.74) is 2.81. The molecule has 23 heavy (non-hydrogen) atoms. The average Bonchev–Trinajstić information content (AvgIpc) is 3.08. The maximum atomic E-state index is 11.2. The van der Waals surface area contributed by atoms with Crippen LogP contribution in [0, 0.1) is 0 Å². The number of thiophene rings is 1. The molecule has 0 bridgehead atoms. The number of fused-ring (bicyclic) bond motifs is 1. The van der Waals surface area contributed by atoms with E-state index in [2.05, 4.69) is 41.0 Å². The highest BCUT2D eigenvalue weighted by molar-refractivity contribution is 7.10. The molecule has 2 atom stereocenters. The van der Waals surface area contributed by atoms with Crippen molar-refractivity contribution in [1.29, 1.82) is 0 Å².